The fraction of sp³-hybridized carbons (Fsp3) is 0.111. The zero-order valence-electron chi connectivity index (χ0n) is 8.60. The van der Waals surface area contributed by atoms with E-state index in [0.717, 1.165) is 6.20 Å². The maximum absolute atomic E-state index is 12.2. The molecule has 0 radical (unpaired) electrons. The summed E-state index contributed by atoms with van der Waals surface area (Å²) in [5, 5.41) is 3.17. The number of pyridine rings is 1. The molecule has 0 spiro atoms. The van der Waals surface area contributed by atoms with Gasteiger partial charge in [-0.05, 0) is 12.1 Å². The third-order valence-corrected chi connectivity index (χ3v) is 1.94. The molecule has 0 atom stereocenters. The molecular weight excluding hydrogens is 253 g/mol. The number of carbonyl (C=O) groups excluding carboxylic acids is 1. The number of primary amides is 1. The highest BCUT2D eigenvalue weighted by molar-refractivity contribution is 5.90. The number of carbonyl (C=O) groups is 1. The van der Waals surface area contributed by atoms with Crippen LogP contribution in [0.15, 0.2) is 22.9 Å². The summed E-state index contributed by atoms with van der Waals surface area (Å²) in [6.07, 6.45) is -3.57. The van der Waals surface area contributed by atoms with Crippen molar-refractivity contribution in [3.63, 3.8) is 0 Å². The number of hydrogen-bond donors (Lipinski definition) is 1. The summed E-state index contributed by atoms with van der Waals surface area (Å²) in [7, 11) is 0. The van der Waals surface area contributed by atoms with Gasteiger partial charge in [-0.1, -0.05) is 5.16 Å². The first-order valence-corrected chi connectivity index (χ1v) is 4.55. The third kappa shape index (κ3) is 2.29. The maximum Gasteiger partial charge on any atom is 0.471 e. The van der Waals surface area contributed by atoms with Gasteiger partial charge in [-0.25, -0.2) is 0 Å². The molecule has 2 aromatic heterocycles. The quantitative estimate of drug-likeness (QED) is 0.874. The van der Waals surface area contributed by atoms with Gasteiger partial charge in [0.1, 0.15) is 5.69 Å². The Balaban J connectivity index is 2.32. The van der Waals surface area contributed by atoms with Gasteiger partial charge in [0.2, 0.25) is 5.82 Å². The van der Waals surface area contributed by atoms with E-state index in [1.165, 1.54) is 12.1 Å². The van der Waals surface area contributed by atoms with E-state index < -0.39 is 18.0 Å². The van der Waals surface area contributed by atoms with E-state index in [0.29, 0.717) is 0 Å². The van der Waals surface area contributed by atoms with Crippen molar-refractivity contribution in [2.24, 2.45) is 5.73 Å². The number of nitrogens with zero attached hydrogens (tertiary/aromatic N) is 3. The SMILES string of the molecule is NC(=O)c1ccc(-c2noc(C(F)(F)F)n2)cn1. The molecule has 1 amide bonds. The molecule has 0 aromatic carbocycles. The number of halogens is 3. The normalized spacial score (nSPS) is 11.5. The molecule has 0 saturated carbocycles. The molecule has 6 nitrogen and oxygen atoms in total. The first-order chi connectivity index (χ1) is 8.38. The second-order valence-electron chi connectivity index (χ2n) is 3.22. The summed E-state index contributed by atoms with van der Waals surface area (Å²) >= 11 is 0. The largest absolute Gasteiger partial charge is 0.471 e. The summed E-state index contributed by atoms with van der Waals surface area (Å²) in [6.45, 7) is 0. The predicted molar refractivity (Wildman–Crippen MR) is 51.0 cm³/mol. The minimum Gasteiger partial charge on any atom is -0.364 e. The first-order valence-electron chi connectivity index (χ1n) is 4.55. The number of nitrogens with two attached hydrogens (primary N) is 1. The summed E-state index contributed by atoms with van der Waals surface area (Å²) in [4.78, 5) is 17.6. The Labute approximate surface area is 97.6 Å². The van der Waals surface area contributed by atoms with Gasteiger partial charge in [0.15, 0.2) is 0 Å². The van der Waals surface area contributed by atoms with Crippen LogP contribution in [0.2, 0.25) is 0 Å². The third-order valence-electron chi connectivity index (χ3n) is 1.94. The second kappa shape index (κ2) is 4.09. The van der Waals surface area contributed by atoms with Crippen LogP contribution in [0.1, 0.15) is 16.4 Å². The summed E-state index contributed by atoms with van der Waals surface area (Å²) < 4.78 is 40.7. The van der Waals surface area contributed by atoms with Crippen LogP contribution in [0, 0.1) is 0 Å². The molecule has 94 valence electrons. The van der Waals surface area contributed by atoms with Gasteiger partial charge in [0, 0.05) is 11.8 Å². The predicted octanol–water partition coefficient (Wildman–Crippen LogP) is 1.25. The summed E-state index contributed by atoms with van der Waals surface area (Å²) in [6, 6.07) is 2.57. The molecule has 0 aliphatic heterocycles. The van der Waals surface area contributed by atoms with E-state index in [-0.39, 0.29) is 17.1 Å². The van der Waals surface area contributed by atoms with Crippen LogP contribution in [0.4, 0.5) is 13.2 Å². The van der Waals surface area contributed by atoms with E-state index in [1.54, 1.807) is 0 Å². The standard InChI is InChI=1S/C9H5F3N4O2/c10-9(11,12)8-15-7(16-18-8)4-1-2-5(6(13)17)14-3-4/h1-3H,(H2,13,17). The monoisotopic (exact) mass is 258 g/mol. The van der Waals surface area contributed by atoms with E-state index in [4.69, 9.17) is 5.73 Å². The van der Waals surface area contributed by atoms with Gasteiger partial charge in [-0.15, -0.1) is 0 Å². The van der Waals surface area contributed by atoms with Crippen LogP contribution in [0.5, 0.6) is 0 Å². The van der Waals surface area contributed by atoms with Crippen LogP contribution in [-0.4, -0.2) is 21.0 Å². The van der Waals surface area contributed by atoms with Crippen LogP contribution in [0.3, 0.4) is 0 Å². The lowest BCUT2D eigenvalue weighted by Crippen LogP contribution is -2.12. The lowest BCUT2D eigenvalue weighted by Gasteiger charge is -1.97. The number of alkyl halides is 3. The fourth-order valence-corrected chi connectivity index (χ4v) is 1.13. The van der Waals surface area contributed by atoms with Crippen molar-refractivity contribution in [2.75, 3.05) is 0 Å². The van der Waals surface area contributed by atoms with Crippen molar-refractivity contribution in [3.05, 3.63) is 29.9 Å². The number of hydrogen-bond acceptors (Lipinski definition) is 5. The summed E-state index contributed by atoms with van der Waals surface area (Å²) in [5.74, 6) is -2.46. The van der Waals surface area contributed by atoms with Gasteiger partial charge in [0.05, 0.1) is 0 Å². The topological polar surface area (TPSA) is 94.9 Å². The van der Waals surface area contributed by atoms with Crippen LogP contribution in [0.25, 0.3) is 11.4 Å². The molecule has 0 fully saturated rings. The molecule has 0 aliphatic rings. The molecule has 2 N–H and O–H groups in total. The van der Waals surface area contributed by atoms with Crippen LogP contribution < -0.4 is 5.73 Å². The Morgan fingerprint density at radius 2 is 2.06 bits per heavy atom. The Kier molecular flexibility index (Phi) is 2.73. The number of amides is 1. The van der Waals surface area contributed by atoms with Crippen molar-refractivity contribution in [2.45, 2.75) is 6.18 Å². The van der Waals surface area contributed by atoms with Crippen molar-refractivity contribution in [3.8, 4) is 11.4 Å². The minimum absolute atomic E-state index is 0.0155. The lowest BCUT2D eigenvalue weighted by molar-refractivity contribution is -0.159. The van der Waals surface area contributed by atoms with Crippen molar-refractivity contribution >= 4 is 5.91 Å². The highest BCUT2D eigenvalue weighted by Crippen LogP contribution is 2.29. The molecule has 2 heterocycles. The Bertz CT molecular complexity index is 576. The number of rotatable bonds is 2. The minimum atomic E-state index is -4.70. The molecule has 18 heavy (non-hydrogen) atoms. The van der Waals surface area contributed by atoms with Gasteiger partial charge >= 0.3 is 12.1 Å². The van der Waals surface area contributed by atoms with E-state index in [2.05, 4.69) is 19.6 Å². The zero-order chi connectivity index (χ0) is 13.3. The second-order valence-corrected chi connectivity index (χ2v) is 3.22. The smallest absolute Gasteiger partial charge is 0.364 e. The molecule has 2 aromatic rings. The Hall–Kier alpha value is -2.45. The Morgan fingerprint density at radius 3 is 2.50 bits per heavy atom. The average Bonchev–Trinajstić information content (AvgIpc) is 2.78. The summed E-state index contributed by atoms with van der Waals surface area (Å²) in [5.41, 5.74) is 5.13. The van der Waals surface area contributed by atoms with Gasteiger partial charge in [0.25, 0.3) is 5.91 Å². The molecule has 0 aliphatic carbocycles. The Morgan fingerprint density at radius 1 is 1.33 bits per heavy atom. The molecule has 2 rings (SSSR count). The fourth-order valence-electron chi connectivity index (χ4n) is 1.13. The maximum atomic E-state index is 12.2. The zero-order valence-corrected chi connectivity index (χ0v) is 8.60. The van der Waals surface area contributed by atoms with E-state index >= 15 is 0 Å². The van der Waals surface area contributed by atoms with Gasteiger partial charge < -0.3 is 10.3 Å². The highest BCUT2D eigenvalue weighted by atomic mass is 19.4. The molecule has 0 saturated heterocycles. The van der Waals surface area contributed by atoms with Crippen LogP contribution >= 0.6 is 0 Å². The van der Waals surface area contributed by atoms with Gasteiger partial charge in [-0.3, -0.25) is 9.78 Å². The molecule has 0 bridgehead atoms. The number of aromatic nitrogens is 3. The van der Waals surface area contributed by atoms with Crippen molar-refractivity contribution in [1.82, 2.24) is 15.1 Å². The van der Waals surface area contributed by atoms with E-state index in [9.17, 15) is 18.0 Å². The van der Waals surface area contributed by atoms with E-state index in [1.807, 2.05) is 0 Å². The lowest BCUT2D eigenvalue weighted by atomic mass is 10.2. The van der Waals surface area contributed by atoms with Gasteiger partial charge in [-0.2, -0.15) is 18.2 Å². The van der Waals surface area contributed by atoms with Crippen LogP contribution in [-0.2, 0) is 6.18 Å². The first kappa shape index (κ1) is 12.0. The van der Waals surface area contributed by atoms with Crippen molar-refractivity contribution in [1.29, 1.82) is 0 Å². The molecular formula is C9H5F3N4O2. The highest BCUT2D eigenvalue weighted by Gasteiger charge is 2.38. The average molecular weight is 258 g/mol. The van der Waals surface area contributed by atoms with Crippen molar-refractivity contribution < 1.29 is 22.5 Å². The molecule has 9 heteroatoms. The molecule has 0 unspecified atom stereocenters.